The molecule has 0 radical (unpaired) electrons. The molecule has 0 heterocycles. The number of ether oxygens (including phenoxy) is 1. The van der Waals surface area contributed by atoms with Crippen molar-refractivity contribution in [1.82, 2.24) is 0 Å². The molecule has 3 rings (SSSR count). The predicted molar refractivity (Wildman–Crippen MR) is 90.9 cm³/mol. The first-order valence-corrected chi connectivity index (χ1v) is 7.49. The van der Waals surface area contributed by atoms with Crippen molar-refractivity contribution < 1.29 is 14.6 Å². The summed E-state index contributed by atoms with van der Waals surface area (Å²) < 4.78 is 5.16. The van der Waals surface area contributed by atoms with Crippen LogP contribution in [0.5, 0.6) is 5.75 Å². The van der Waals surface area contributed by atoms with Gasteiger partial charge in [-0.25, -0.2) is 0 Å². The third-order valence-electron chi connectivity index (χ3n) is 4.03. The molecule has 0 bridgehead atoms. The molecule has 3 aromatic rings. The average Bonchev–Trinajstić information content (AvgIpc) is 2.62. The van der Waals surface area contributed by atoms with Gasteiger partial charge >= 0.3 is 0 Å². The van der Waals surface area contributed by atoms with Crippen molar-refractivity contribution in [3.63, 3.8) is 0 Å². The third-order valence-corrected chi connectivity index (χ3v) is 4.03. The van der Waals surface area contributed by atoms with E-state index in [-0.39, 0.29) is 5.78 Å². The Balaban J connectivity index is 2.07. The Morgan fingerprint density at radius 2 is 1.61 bits per heavy atom. The zero-order chi connectivity index (χ0) is 16.2. The first-order chi connectivity index (χ1) is 11.2. The molecule has 23 heavy (non-hydrogen) atoms. The minimum absolute atomic E-state index is 0.217. The lowest BCUT2D eigenvalue weighted by molar-refractivity contribution is -0.122. The van der Waals surface area contributed by atoms with E-state index in [2.05, 4.69) is 0 Å². The fourth-order valence-electron chi connectivity index (χ4n) is 2.84. The first-order valence-electron chi connectivity index (χ1n) is 7.49. The van der Waals surface area contributed by atoms with E-state index in [0.29, 0.717) is 0 Å². The van der Waals surface area contributed by atoms with Gasteiger partial charge in [0, 0.05) is 0 Å². The van der Waals surface area contributed by atoms with Crippen LogP contribution >= 0.6 is 0 Å². The zero-order valence-electron chi connectivity index (χ0n) is 12.9. The molecule has 116 valence electrons. The fourth-order valence-corrected chi connectivity index (χ4v) is 2.84. The van der Waals surface area contributed by atoms with Crippen LogP contribution in [-0.2, 0) is 4.79 Å². The second-order valence-electron chi connectivity index (χ2n) is 5.44. The SMILES string of the molecule is COc1ccc(C(C(=O)CO)c2ccc3ccccc3c2)cc1. The van der Waals surface area contributed by atoms with Crippen molar-refractivity contribution in [1.29, 1.82) is 0 Å². The molecule has 3 heteroatoms. The summed E-state index contributed by atoms with van der Waals surface area (Å²) in [5, 5.41) is 11.6. The largest absolute Gasteiger partial charge is 0.497 e. The van der Waals surface area contributed by atoms with Crippen LogP contribution in [0.2, 0.25) is 0 Å². The Bertz CT molecular complexity index is 822. The number of hydrogen-bond acceptors (Lipinski definition) is 3. The van der Waals surface area contributed by atoms with Crippen LogP contribution < -0.4 is 4.74 Å². The average molecular weight is 306 g/mol. The van der Waals surface area contributed by atoms with Crippen LogP contribution in [0.3, 0.4) is 0 Å². The Morgan fingerprint density at radius 1 is 0.957 bits per heavy atom. The molecule has 0 aromatic heterocycles. The fraction of sp³-hybridized carbons (Fsp3) is 0.150. The Hall–Kier alpha value is -2.65. The monoisotopic (exact) mass is 306 g/mol. The summed E-state index contributed by atoms with van der Waals surface area (Å²) in [6.07, 6.45) is 0. The Kier molecular flexibility index (Phi) is 4.40. The van der Waals surface area contributed by atoms with Crippen molar-refractivity contribution in [3.8, 4) is 5.75 Å². The van der Waals surface area contributed by atoms with Gasteiger partial charge in [0.1, 0.15) is 12.4 Å². The lowest BCUT2D eigenvalue weighted by Gasteiger charge is -2.17. The molecule has 0 aliphatic heterocycles. The number of ketones is 1. The number of Topliss-reactive ketones (excluding diaryl/α,β-unsaturated/α-hetero) is 1. The van der Waals surface area contributed by atoms with Crippen LogP contribution in [0.25, 0.3) is 10.8 Å². The molecule has 0 saturated heterocycles. The van der Waals surface area contributed by atoms with Gasteiger partial charge in [-0.2, -0.15) is 0 Å². The van der Waals surface area contributed by atoms with E-state index >= 15 is 0 Å². The molecular formula is C20H18O3. The summed E-state index contributed by atoms with van der Waals surface area (Å²) in [4.78, 5) is 12.3. The molecule has 0 amide bonds. The van der Waals surface area contributed by atoms with Gasteiger partial charge in [-0.1, -0.05) is 54.6 Å². The summed E-state index contributed by atoms with van der Waals surface area (Å²) >= 11 is 0. The minimum atomic E-state index is -0.483. The molecule has 0 aliphatic carbocycles. The van der Waals surface area contributed by atoms with Crippen molar-refractivity contribution in [3.05, 3.63) is 77.9 Å². The van der Waals surface area contributed by atoms with Crippen molar-refractivity contribution in [2.45, 2.75) is 5.92 Å². The number of fused-ring (bicyclic) bond motifs is 1. The number of hydrogen-bond donors (Lipinski definition) is 1. The highest BCUT2D eigenvalue weighted by atomic mass is 16.5. The second kappa shape index (κ2) is 6.63. The van der Waals surface area contributed by atoms with Gasteiger partial charge in [0.05, 0.1) is 13.0 Å². The Morgan fingerprint density at radius 3 is 2.26 bits per heavy atom. The van der Waals surface area contributed by atoms with Gasteiger partial charge in [-0.05, 0) is 34.0 Å². The summed E-state index contributed by atoms with van der Waals surface area (Å²) in [7, 11) is 1.61. The quantitative estimate of drug-likeness (QED) is 0.784. The molecule has 3 aromatic carbocycles. The third kappa shape index (κ3) is 3.10. The molecule has 0 spiro atoms. The van der Waals surface area contributed by atoms with Gasteiger partial charge in [0.15, 0.2) is 5.78 Å². The van der Waals surface area contributed by atoms with Crippen molar-refractivity contribution in [2.75, 3.05) is 13.7 Å². The summed E-state index contributed by atoms with van der Waals surface area (Å²) in [6, 6.07) is 21.4. The molecule has 0 aliphatic rings. The normalized spacial score (nSPS) is 12.1. The molecule has 1 atom stereocenters. The van der Waals surface area contributed by atoms with Crippen molar-refractivity contribution in [2.24, 2.45) is 0 Å². The van der Waals surface area contributed by atoms with Crippen LogP contribution in [0.1, 0.15) is 17.0 Å². The van der Waals surface area contributed by atoms with E-state index < -0.39 is 12.5 Å². The van der Waals surface area contributed by atoms with E-state index in [9.17, 15) is 9.90 Å². The standard InChI is InChI=1S/C20H18O3/c1-23-18-10-8-15(9-11-18)20(19(22)13-21)17-7-6-14-4-2-3-5-16(14)12-17/h2-12,20-21H,13H2,1H3. The van der Waals surface area contributed by atoms with E-state index in [1.54, 1.807) is 7.11 Å². The van der Waals surface area contributed by atoms with E-state index in [0.717, 1.165) is 27.6 Å². The summed E-state index contributed by atoms with van der Waals surface area (Å²) in [5.41, 5.74) is 1.73. The number of rotatable bonds is 5. The number of aliphatic hydroxyl groups excluding tert-OH is 1. The number of methoxy groups -OCH3 is 1. The molecule has 3 nitrogen and oxygen atoms in total. The Labute approximate surface area is 135 Å². The molecular weight excluding hydrogens is 288 g/mol. The lowest BCUT2D eigenvalue weighted by Crippen LogP contribution is -2.17. The van der Waals surface area contributed by atoms with E-state index in [4.69, 9.17) is 4.74 Å². The predicted octanol–water partition coefficient (Wildman–Crippen LogP) is 3.54. The van der Waals surface area contributed by atoms with Gasteiger partial charge in [-0.15, -0.1) is 0 Å². The van der Waals surface area contributed by atoms with Crippen LogP contribution in [0, 0.1) is 0 Å². The van der Waals surface area contributed by atoms with Gasteiger partial charge < -0.3 is 9.84 Å². The summed E-state index contributed by atoms with van der Waals surface area (Å²) in [6.45, 7) is -0.483. The highest BCUT2D eigenvalue weighted by Crippen LogP contribution is 2.29. The topological polar surface area (TPSA) is 46.5 Å². The highest BCUT2D eigenvalue weighted by Gasteiger charge is 2.22. The van der Waals surface area contributed by atoms with Crippen molar-refractivity contribution >= 4 is 16.6 Å². The number of aliphatic hydroxyl groups is 1. The van der Waals surface area contributed by atoms with Gasteiger partial charge in [0.25, 0.3) is 0 Å². The maximum Gasteiger partial charge on any atom is 0.169 e. The molecule has 1 N–H and O–H groups in total. The minimum Gasteiger partial charge on any atom is -0.497 e. The summed E-state index contributed by atoms with van der Waals surface area (Å²) in [5.74, 6) is 0.0448. The maximum absolute atomic E-state index is 12.3. The van der Waals surface area contributed by atoms with Crippen LogP contribution in [-0.4, -0.2) is 24.6 Å². The number of benzene rings is 3. The molecule has 0 saturated carbocycles. The maximum atomic E-state index is 12.3. The second-order valence-corrected chi connectivity index (χ2v) is 5.44. The number of carbonyl (C=O) groups is 1. The zero-order valence-corrected chi connectivity index (χ0v) is 12.9. The van der Waals surface area contributed by atoms with E-state index in [1.807, 2.05) is 66.7 Å². The van der Waals surface area contributed by atoms with Crippen LogP contribution in [0.4, 0.5) is 0 Å². The van der Waals surface area contributed by atoms with Gasteiger partial charge in [-0.3, -0.25) is 4.79 Å². The first kappa shape index (κ1) is 15.3. The lowest BCUT2D eigenvalue weighted by atomic mass is 9.87. The number of carbonyl (C=O) groups excluding carboxylic acids is 1. The molecule has 0 fully saturated rings. The van der Waals surface area contributed by atoms with Gasteiger partial charge in [0.2, 0.25) is 0 Å². The van der Waals surface area contributed by atoms with E-state index in [1.165, 1.54) is 0 Å². The molecule has 1 unspecified atom stereocenters. The highest BCUT2D eigenvalue weighted by molar-refractivity contribution is 5.92. The smallest absolute Gasteiger partial charge is 0.169 e. The van der Waals surface area contributed by atoms with Crippen LogP contribution in [0.15, 0.2) is 66.7 Å².